The fourth-order valence-corrected chi connectivity index (χ4v) is 1.50. The molecule has 0 saturated heterocycles. The van der Waals surface area contributed by atoms with Crippen molar-refractivity contribution >= 4 is 11.9 Å². The van der Waals surface area contributed by atoms with Gasteiger partial charge >= 0.3 is 5.97 Å². The summed E-state index contributed by atoms with van der Waals surface area (Å²) in [6, 6.07) is 5.96. The lowest BCUT2D eigenvalue weighted by Crippen LogP contribution is -2.47. The minimum Gasteiger partial charge on any atom is -0.496 e. The number of nitrogens with one attached hydrogen (secondary N) is 2. The number of methoxy groups -OCH3 is 1. The molecule has 1 atom stereocenters. The molecule has 0 saturated carbocycles. The maximum Gasteiger partial charge on any atom is 0.330 e. The first-order valence-corrected chi connectivity index (χ1v) is 5.39. The van der Waals surface area contributed by atoms with Crippen molar-refractivity contribution in [3.05, 3.63) is 29.8 Å². The molecule has 1 aromatic carbocycles. The van der Waals surface area contributed by atoms with Crippen molar-refractivity contribution < 1.29 is 19.4 Å². The number of hydrogen-bond acceptors (Lipinski definition) is 4. The highest BCUT2D eigenvalue weighted by atomic mass is 16.5. The van der Waals surface area contributed by atoms with Crippen LogP contribution in [0.5, 0.6) is 5.75 Å². The van der Waals surface area contributed by atoms with Gasteiger partial charge in [-0.3, -0.25) is 10.1 Å². The molecule has 0 aromatic heterocycles. The number of hydrogen-bond donors (Lipinski definition) is 3. The summed E-state index contributed by atoms with van der Waals surface area (Å²) >= 11 is 0. The highest BCUT2D eigenvalue weighted by Crippen LogP contribution is 2.16. The molecule has 0 radical (unpaired) electrons. The van der Waals surface area contributed by atoms with Crippen molar-refractivity contribution in [2.45, 2.75) is 12.6 Å². The van der Waals surface area contributed by atoms with Crippen LogP contribution in [0.3, 0.4) is 0 Å². The number of carboxylic acid groups (broad SMARTS) is 1. The third-order valence-electron chi connectivity index (χ3n) is 2.44. The number of carbonyl (C=O) groups excluding carboxylic acids is 1. The summed E-state index contributed by atoms with van der Waals surface area (Å²) in [5, 5.41) is 13.8. The predicted octanol–water partition coefficient (Wildman–Crippen LogP) is -0.0160. The van der Waals surface area contributed by atoms with Gasteiger partial charge in [0.1, 0.15) is 5.75 Å². The van der Waals surface area contributed by atoms with E-state index in [0.29, 0.717) is 5.75 Å². The van der Waals surface area contributed by atoms with Crippen LogP contribution in [0.15, 0.2) is 24.3 Å². The number of rotatable bonds is 6. The van der Waals surface area contributed by atoms with Gasteiger partial charge < -0.3 is 15.2 Å². The fourth-order valence-electron chi connectivity index (χ4n) is 1.50. The highest BCUT2D eigenvalue weighted by Gasteiger charge is 2.23. The SMILES string of the molecule is CNC(C(=O)O)C(=O)NCc1ccccc1OC. The zero-order valence-corrected chi connectivity index (χ0v) is 10.3. The van der Waals surface area contributed by atoms with E-state index in [0.717, 1.165) is 5.56 Å². The fraction of sp³-hybridized carbons (Fsp3) is 0.333. The van der Waals surface area contributed by atoms with Crippen LogP contribution >= 0.6 is 0 Å². The summed E-state index contributed by atoms with van der Waals surface area (Å²) in [6.45, 7) is 0.217. The van der Waals surface area contributed by atoms with Crippen LogP contribution in [0.2, 0.25) is 0 Å². The van der Waals surface area contributed by atoms with Crippen LogP contribution in [-0.2, 0) is 16.1 Å². The molecule has 0 aliphatic heterocycles. The Labute approximate surface area is 105 Å². The molecule has 0 aliphatic rings. The van der Waals surface area contributed by atoms with Gasteiger partial charge in [-0.2, -0.15) is 0 Å². The van der Waals surface area contributed by atoms with Gasteiger partial charge in [0, 0.05) is 12.1 Å². The molecule has 1 rings (SSSR count). The summed E-state index contributed by atoms with van der Waals surface area (Å²) in [4.78, 5) is 22.4. The van der Waals surface area contributed by atoms with E-state index in [-0.39, 0.29) is 6.54 Å². The molecule has 0 heterocycles. The maximum atomic E-state index is 11.6. The van der Waals surface area contributed by atoms with Crippen LogP contribution in [0.4, 0.5) is 0 Å². The van der Waals surface area contributed by atoms with Gasteiger partial charge in [0.2, 0.25) is 5.91 Å². The Kier molecular flexibility index (Phi) is 5.13. The zero-order chi connectivity index (χ0) is 13.5. The second-order valence-corrected chi connectivity index (χ2v) is 3.59. The average molecular weight is 252 g/mol. The van der Waals surface area contributed by atoms with Gasteiger partial charge in [-0.1, -0.05) is 18.2 Å². The minimum atomic E-state index is -1.25. The van der Waals surface area contributed by atoms with Crippen molar-refractivity contribution in [1.82, 2.24) is 10.6 Å². The Balaban J connectivity index is 2.64. The normalized spacial score (nSPS) is 11.7. The Bertz CT molecular complexity index is 434. The van der Waals surface area contributed by atoms with Crippen molar-refractivity contribution in [3.8, 4) is 5.75 Å². The Morgan fingerprint density at radius 1 is 1.39 bits per heavy atom. The number of carboxylic acids is 1. The van der Waals surface area contributed by atoms with Crippen molar-refractivity contribution in [1.29, 1.82) is 0 Å². The first-order valence-electron chi connectivity index (χ1n) is 5.39. The summed E-state index contributed by atoms with van der Waals surface area (Å²) in [6.07, 6.45) is 0. The van der Waals surface area contributed by atoms with Crippen molar-refractivity contribution in [3.63, 3.8) is 0 Å². The van der Waals surface area contributed by atoms with E-state index in [2.05, 4.69) is 10.6 Å². The lowest BCUT2D eigenvalue weighted by Gasteiger charge is -2.13. The number of ether oxygens (including phenoxy) is 1. The number of para-hydroxylation sites is 1. The quantitative estimate of drug-likeness (QED) is 0.619. The average Bonchev–Trinajstić information content (AvgIpc) is 2.37. The van der Waals surface area contributed by atoms with E-state index >= 15 is 0 Å². The molecule has 0 bridgehead atoms. The smallest absolute Gasteiger partial charge is 0.330 e. The standard InChI is InChI=1S/C12H16N2O4/c1-13-10(12(16)17)11(15)14-7-8-5-3-4-6-9(8)18-2/h3-6,10,13H,7H2,1-2H3,(H,14,15)(H,16,17). The molecule has 3 N–H and O–H groups in total. The van der Waals surface area contributed by atoms with Crippen molar-refractivity contribution in [2.75, 3.05) is 14.2 Å². The first kappa shape index (κ1) is 14.0. The van der Waals surface area contributed by atoms with Gasteiger partial charge in [-0.05, 0) is 13.1 Å². The summed E-state index contributed by atoms with van der Waals surface area (Å²) < 4.78 is 5.13. The number of likely N-dealkylation sites (N-methyl/N-ethyl adjacent to an activating group) is 1. The lowest BCUT2D eigenvalue weighted by atomic mass is 10.2. The second-order valence-electron chi connectivity index (χ2n) is 3.59. The predicted molar refractivity (Wildman–Crippen MR) is 65.3 cm³/mol. The first-order chi connectivity index (χ1) is 8.60. The van der Waals surface area contributed by atoms with E-state index in [9.17, 15) is 9.59 Å². The molecule has 0 fully saturated rings. The zero-order valence-electron chi connectivity index (χ0n) is 10.3. The summed E-state index contributed by atoms with van der Waals surface area (Å²) in [5.74, 6) is -1.15. The van der Waals surface area contributed by atoms with E-state index < -0.39 is 17.9 Å². The molecular formula is C12H16N2O4. The monoisotopic (exact) mass is 252 g/mol. The van der Waals surface area contributed by atoms with E-state index in [4.69, 9.17) is 9.84 Å². The number of benzene rings is 1. The van der Waals surface area contributed by atoms with Crippen LogP contribution in [-0.4, -0.2) is 37.2 Å². The Hall–Kier alpha value is -2.08. The van der Waals surface area contributed by atoms with Gasteiger partial charge in [0.15, 0.2) is 6.04 Å². The van der Waals surface area contributed by atoms with Crippen LogP contribution in [0.1, 0.15) is 5.56 Å². The molecule has 1 unspecified atom stereocenters. The topological polar surface area (TPSA) is 87.7 Å². The second kappa shape index (κ2) is 6.61. The summed E-state index contributed by atoms with van der Waals surface area (Å²) in [5.41, 5.74) is 0.786. The number of carbonyl (C=O) groups is 2. The largest absolute Gasteiger partial charge is 0.496 e. The lowest BCUT2D eigenvalue weighted by molar-refractivity contribution is -0.143. The molecule has 0 aliphatic carbocycles. The molecule has 1 amide bonds. The maximum absolute atomic E-state index is 11.6. The van der Waals surface area contributed by atoms with Gasteiger partial charge in [0.05, 0.1) is 7.11 Å². The third-order valence-corrected chi connectivity index (χ3v) is 2.44. The van der Waals surface area contributed by atoms with Gasteiger partial charge in [0.25, 0.3) is 0 Å². The molecular weight excluding hydrogens is 236 g/mol. The molecule has 6 heteroatoms. The molecule has 0 spiro atoms. The third kappa shape index (κ3) is 3.46. The molecule has 98 valence electrons. The Morgan fingerprint density at radius 3 is 2.61 bits per heavy atom. The summed E-state index contributed by atoms with van der Waals surface area (Å²) in [7, 11) is 2.95. The van der Waals surface area contributed by atoms with Crippen LogP contribution in [0, 0.1) is 0 Å². The molecule has 1 aromatic rings. The molecule has 18 heavy (non-hydrogen) atoms. The van der Waals surface area contributed by atoms with E-state index in [1.54, 1.807) is 12.1 Å². The molecule has 6 nitrogen and oxygen atoms in total. The van der Waals surface area contributed by atoms with Crippen LogP contribution < -0.4 is 15.4 Å². The van der Waals surface area contributed by atoms with E-state index in [1.807, 2.05) is 12.1 Å². The minimum absolute atomic E-state index is 0.217. The number of aliphatic carboxylic acids is 1. The Morgan fingerprint density at radius 2 is 2.06 bits per heavy atom. The number of amides is 1. The van der Waals surface area contributed by atoms with Gasteiger partial charge in [-0.25, -0.2) is 4.79 Å². The highest BCUT2D eigenvalue weighted by molar-refractivity contribution is 6.01. The van der Waals surface area contributed by atoms with Gasteiger partial charge in [-0.15, -0.1) is 0 Å². The van der Waals surface area contributed by atoms with Crippen molar-refractivity contribution in [2.24, 2.45) is 0 Å². The van der Waals surface area contributed by atoms with Crippen LogP contribution in [0.25, 0.3) is 0 Å². The van der Waals surface area contributed by atoms with E-state index in [1.165, 1.54) is 14.2 Å².